The number of carbonyl (C=O) groups excluding carboxylic acids is 1. The van der Waals surface area contributed by atoms with Gasteiger partial charge < -0.3 is 4.98 Å². The van der Waals surface area contributed by atoms with Gasteiger partial charge in [-0.25, -0.2) is 26.5 Å². The maximum atomic E-state index is 13.2. The summed E-state index contributed by atoms with van der Waals surface area (Å²) >= 11 is 0. The highest BCUT2D eigenvalue weighted by atomic mass is 32.2. The summed E-state index contributed by atoms with van der Waals surface area (Å²) in [5.74, 6) is -0.303. The Kier molecular flexibility index (Phi) is 6.96. The van der Waals surface area contributed by atoms with E-state index in [1.807, 2.05) is 4.72 Å². The van der Waals surface area contributed by atoms with E-state index >= 15 is 0 Å². The summed E-state index contributed by atoms with van der Waals surface area (Å²) in [4.78, 5) is 18.9. The van der Waals surface area contributed by atoms with Crippen molar-refractivity contribution in [1.82, 2.24) is 19.4 Å². The van der Waals surface area contributed by atoms with E-state index in [2.05, 4.69) is 14.7 Å². The number of fused-ring (bicyclic) bond motifs is 1. The van der Waals surface area contributed by atoms with E-state index in [4.69, 9.17) is 0 Å². The predicted molar refractivity (Wildman–Crippen MR) is 140 cm³/mol. The number of amides is 1. The first-order chi connectivity index (χ1) is 18.7. The van der Waals surface area contributed by atoms with Crippen molar-refractivity contribution in [3.05, 3.63) is 94.8 Å². The van der Waals surface area contributed by atoms with Gasteiger partial charge in [0.25, 0.3) is 0 Å². The maximum Gasteiger partial charge on any atom is 0.416 e. The zero-order valence-corrected chi connectivity index (χ0v) is 22.5. The molecule has 210 valence electrons. The van der Waals surface area contributed by atoms with Crippen LogP contribution in [-0.2, 0) is 37.4 Å². The van der Waals surface area contributed by atoms with Crippen LogP contribution in [0.25, 0.3) is 11.0 Å². The number of carbonyl (C=O) groups is 1. The third-order valence-corrected chi connectivity index (χ3v) is 9.82. The van der Waals surface area contributed by atoms with Gasteiger partial charge in [0.15, 0.2) is 0 Å². The molecule has 2 heterocycles. The average Bonchev–Trinajstić information content (AvgIpc) is 3.42. The SMILES string of the molecule is Cc1cc(C[C@H](NS(=O)(=O)c2ccc(C(F)(F)F)cc2)c2nc3ccccc3[nH]2)ccc1C1CC(=O)NS1(=O)=O. The number of benzene rings is 3. The fourth-order valence-corrected chi connectivity index (χ4v) is 7.41. The lowest BCUT2D eigenvalue weighted by atomic mass is 9.97. The van der Waals surface area contributed by atoms with E-state index in [1.165, 1.54) is 0 Å². The van der Waals surface area contributed by atoms with E-state index in [9.17, 15) is 34.8 Å². The van der Waals surface area contributed by atoms with E-state index in [-0.39, 0.29) is 23.6 Å². The molecule has 1 aliphatic rings. The number of H-pyrrole nitrogens is 1. The Hall–Kier alpha value is -3.75. The van der Waals surface area contributed by atoms with Crippen LogP contribution in [0.5, 0.6) is 0 Å². The molecule has 5 rings (SSSR count). The van der Waals surface area contributed by atoms with Gasteiger partial charge in [-0.1, -0.05) is 30.3 Å². The predicted octanol–water partition coefficient (Wildman–Crippen LogP) is 4.04. The van der Waals surface area contributed by atoms with Crippen molar-refractivity contribution in [2.75, 3.05) is 0 Å². The monoisotopic (exact) mass is 592 g/mol. The molecule has 0 bridgehead atoms. The van der Waals surface area contributed by atoms with Crippen molar-refractivity contribution in [2.45, 2.75) is 42.1 Å². The van der Waals surface area contributed by atoms with Crippen LogP contribution in [0.1, 0.15) is 45.8 Å². The normalized spacial score (nSPS) is 18.1. The molecule has 1 aliphatic heterocycles. The van der Waals surface area contributed by atoms with E-state index in [0.29, 0.717) is 39.9 Å². The van der Waals surface area contributed by atoms with E-state index in [1.54, 1.807) is 49.4 Å². The number of hydrogen-bond donors (Lipinski definition) is 3. The number of aromatic nitrogens is 2. The zero-order valence-electron chi connectivity index (χ0n) is 20.9. The Morgan fingerprint density at radius 3 is 2.38 bits per heavy atom. The van der Waals surface area contributed by atoms with Gasteiger partial charge >= 0.3 is 6.18 Å². The number of nitrogens with one attached hydrogen (secondary N) is 3. The lowest BCUT2D eigenvalue weighted by molar-refractivity contribution is -0.137. The largest absolute Gasteiger partial charge is 0.416 e. The molecule has 1 aromatic heterocycles. The van der Waals surface area contributed by atoms with Gasteiger partial charge in [-0.05, 0) is 66.4 Å². The van der Waals surface area contributed by atoms with Crippen LogP contribution in [0.4, 0.5) is 13.2 Å². The quantitative estimate of drug-likeness (QED) is 0.296. The summed E-state index contributed by atoms with van der Waals surface area (Å²) < 4.78 is 94.6. The third kappa shape index (κ3) is 5.60. The highest BCUT2D eigenvalue weighted by Gasteiger charge is 2.38. The van der Waals surface area contributed by atoms with Crippen LogP contribution in [0.3, 0.4) is 0 Å². The number of aromatic amines is 1. The van der Waals surface area contributed by atoms with Crippen LogP contribution in [0.15, 0.2) is 71.6 Å². The lowest BCUT2D eigenvalue weighted by Gasteiger charge is -2.19. The summed E-state index contributed by atoms with van der Waals surface area (Å²) in [6.07, 6.45) is -4.73. The van der Waals surface area contributed by atoms with Crippen LogP contribution < -0.4 is 9.44 Å². The van der Waals surface area contributed by atoms with Gasteiger partial charge in [0, 0.05) is 0 Å². The summed E-state index contributed by atoms with van der Waals surface area (Å²) in [6, 6.07) is 14.2. The standard InChI is InChI=1S/C26H23F3N4O5S2/c1-15-12-16(6-11-19(15)23-14-24(34)33-40(23,37)38)13-22(25-30-20-4-2-3-5-21(20)31-25)32-39(35,36)18-9-7-17(8-10-18)26(27,28)29/h2-12,22-23,32H,13-14H2,1H3,(H,30,31)(H,33,34)/t22-,23?/m0/s1. The molecule has 4 aromatic rings. The Balaban J connectivity index is 1.48. The maximum absolute atomic E-state index is 13.2. The van der Waals surface area contributed by atoms with Crippen LogP contribution in [0, 0.1) is 6.92 Å². The van der Waals surface area contributed by atoms with Crippen LogP contribution >= 0.6 is 0 Å². The first kappa shape index (κ1) is 27.8. The van der Waals surface area contributed by atoms with E-state index in [0.717, 1.165) is 12.1 Å². The molecule has 40 heavy (non-hydrogen) atoms. The third-order valence-electron chi connectivity index (χ3n) is 6.65. The molecule has 0 aliphatic carbocycles. The number of aryl methyl sites for hydroxylation is 1. The second kappa shape index (κ2) is 10.0. The van der Waals surface area contributed by atoms with Crippen LogP contribution in [0.2, 0.25) is 0 Å². The van der Waals surface area contributed by atoms with Crippen molar-refractivity contribution in [3.8, 4) is 0 Å². The molecule has 1 fully saturated rings. The molecule has 1 saturated heterocycles. The molecule has 3 N–H and O–H groups in total. The zero-order chi connectivity index (χ0) is 28.9. The number of alkyl halides is 3. The molecule has 3 aromatic carbocycles. The van der Waals surface area contributed by atoms with Gasteiger partial charge in [-0.3, -0.25) is 9.52 Å². The number of imidazole rings is 1. The number of hydrogen-bond acceptors (Lipinski definition) is 6. The number of sulfonamides is 2. The summed E-state index contributed by atoms with van der Waals surface area (Å²) in [6.45, 7) is 1.69. The van der Waals surface area contributed by atoms with Crippen molar-refractivity contribution in [3.63, 3.8) is 0 Å². The summed E-state index contributed by atoms with van der Waals surface area (Å²) in [5.41, 5.74) is 1.95. The number of para-hydroxylation sites is 2. The number of halogens is 3. The average molecular weight is 593 g/mol. The van der Waals surface area contributed by atoms with E-state index < -0.39 is 49.0 Å². The van der Waals surface area contributed by atoms with Gasteiger partial charge in [0.05, 0.1) is 34.0 Å². The second-order valence-corrected chi connectivity index (χ2v) is 13.1. The van der Waals surface area contributed by atoms with Crippen molar-refractivity contribution < 1.29 is 34.8 Å². The smallest absolute Gasteiger partial charge is 0.341 e. The topological polar surface area (TPSA) is 138 Å². The first-order valence-corrected chi connectivity index (χ1v) is 15.0. The fraction of sp³-hybridized carbons (Fsp3) is 0.231. The summed E-state index contributed by atoms with van der Waals surface area (Å²) in [7, 11) is -8.13. The van der Waals surface area contributed by atoms with Gasteiger partial charge in [0.2, 0.25) is 26.0 Å². The minimum Gasteiger partial charge on any atom is -0.341 e. The number of rotatable bonds is 7. The van der Waals surface area contributed by atoms with Gasteiger partial charge in [0.1, 0.15) is 11.1 Å². The van der Waals surface area contributed by atoms with Crippen molar-refractivity contribution in [2.24, 2.45) is 0 Å². The molecule has 0 saturated carbocycles. The van der Waals surface area contributed by atoms with Crippen LogP contribution in [-0.4, -0.2) is 32.7 Å². The fourth-order valence-electron chi connectivity index (χ4n) is 4.70. The molecule has 14 heteroatoms. The molecular weight excluding hydrogens is 569 g/mol. The lowest BCUT2D eigenvalue weighted by Crippen LogP contribution is -2.31. The highest BCUT2D eigenvalue weighted by Crippen LogP contribution is 2.34. The van der Waals surface area contributed by atoms with Crippen molar-refractivity contribution >= 4 is 37.0 Å². The molecule has 2 atom stereocenters. The molecule has 9 nitrogen and oxygen atoms in total. The second-order valence-electron chi connectivity index (χ2n) is 9.49. The Bertz CT molecular complexity index is 1790. The number of nitrogens with zero attached hydrogens (tertiary/aromatic N) is 1. The first-order valence-electron chi connectivity index (χ1n) is 12.0. The molecule has 1 unspecified atom stereocenters. The summed E-state index contributed by atoms with van der Waals surface area (Å²) in [5, 5.41) is -1.03. The molecule has 0 spiro atoms. The highest BCUT2D eigenvalue weighted by molar-refractivity contribution is 7.90. The Labute approximate surface area is 227 Å². The van der Waals surface area contributed by atoms with Gasteiger partial charge in [-0.15, -0.1) is 0 Å². The van der Waals surface area contributed by atoms with Crippen molar-refractivity contribution in [1.29, 1.82) is 0 Å². The Morgan fingerprint density at radius 1 is 1.07 bits per heavy atom. The van der Waals surface area contributed by atoms with Gasteiger partial charge in [-0.2, -0.15) is 13.2 Å². The molecule has 1 amide bonds. The minimum atomic E-state index is -4.61. The molecular formula is C26H23F3N4O5S2. The molecule has 0 radical (unpaired) electrons. The minimum absolute atomic E-state index is 0.0788. The Morgan fingerprint density at radius 2 is 1.77 bits per heavy atom.